The monoisotopic (exact) mass is 288 g/mol. The van der Waals surface area contributed by atoms with E-state index in [1.54, 1.807) is 18.3 Å². The predicted molar refractivity (Wildman–Crippen MR) is 82.0 cm³/mol. The van der Waals surface area contributed by atoms with Gasteiger partial charge in [0.15, 0.2) is 11.6 Å². The Labute approximate surface area is 125 Å². The van der Waals surface area contributed by atoms with Crippen molar-refractivity contribution in [1.29, 1.82) is 0 Å². The van der Waals surface area contributed by atoms with E-state index in [0.29, 0.717) is 0 Å². The Morgan fingerprint density at radius 2 is 2.14 bits per heavy atom. The number of hydrogen-bond donors (Lipinski definition) is 1. The summed E-state index contributed by atoms with van der Waals surface area (Å²) in [6.07, 6.45) is 2.56. The lowest BCUT2D eigenvalue weighted by molar-refractivity contribution is 0.384. The third-order valence-corrected chi connectivity index (χ3v) is 3.54. The van der Waals surface area contributed by atoms with Gasteiger partial charge in [0.1, 0.15) is 0 Å². The topological polar surface area (TPSA) is 34.2 Å². The van der Waals surface area contributed by atoms with E-state index in [-0.39, 0.29) is 17.6 Å². The van der Waals surface area contributed by atoms with Crippen molar-refractivity contribution >= 4 is 0 Å². The summed E-state index contributed by atoms with van der Waals surface area (Å²) in [5.74, 6) is -0.0707. The molecule has 1 unspecified atom stereocenters. The number of benzene rings is 1. The molecule has 0 radical (unpaired) electrons. The van der Waals surface area contributed by atoms with Crippen molar-refractivity contribution in [3.63, 3.8) is 0 Å². The molecule has 0 spiro atoms. The normalized spacial score (nSPS) is 12.2. The molecule has 0 amide bonds. The van der Waals surface area contributed by atoms with Gasteiger partial charge in [0.2, 0.25) is 0 Å². The number of aromatic nitrogens is 1. The molecule has 1 N–H and O–H groups in total. The third kappa shape index (κ3) is 3.79. The first kappa shape index (κ1) is 15.4. The van der Waals surface area contributed by atoms with Crippen molar-refractivity contribution in [3.8, 4) is 5.75 Å². The van der Waals surface area contributed by atoms with Crippen molar-refractivity contribution in [2.75, 3.05) is 13.7 Å². The van der Waals surface area contributed by atoms with E-state index in [4.69, 9.17) is 4.74 Å². The zero-order valence-electron chi connectivity index (χ0n) is 12.7. The van der Waals surface area contributed by atoms with Crippen molar-refractivity contribution in [3.05, 3.63) is 59.2 Å². The van der Waals surface area contributed by atoms with Gasteiger partial charge in [-0.1, -0.05) is 19.1 Å². The summed E-state index contributed by atoms with van der Waals surface area (Å²) < 4.78 is 18.6. The Bertz CT molecular complexity index is 601. The quantitative estimate of drug-likeness (QED) is 0.884. The largest absolute Gasteiger partial charge is 0.494 e. The van der Waals surface area contributed by atoms with E-state index in [1.165, 1.54) is 13.2 Å². The number of rotatable bonds is 6. The molecule has 3 nitrogen and oxygen atoms in total. The number of ether oxygens (including phenoxy) is 1. The van der Waals surface area contributed by atoms with Gasteiger partial charge in [0.25, 0.3) is 0 Å². The van der Waals surface area contributed by atoms with Crippen molar-refractivity contribution < 1.29 is 9.13 Å². The zero-order valence-corrected chi connectivity index (χ0v) is 12.7. The molecule has 1 atom stereocenters. The molecule has 0 aliphatic rings. The van der Waals surface area contributed by atoms with Crippen LogP contribution in [-0.4, -0.2) is 18.6 Å². The number of likely N-dealkylation sites (N-methyl/N-ethyl adjacent to an activating group) is 1. The second-order valence-electron chi connectivity index (χ2n) is 4.98. The highest BCUT2D eigenvalue weighted by atomic mass is 19.1. The number of pyridine rings is 1. The molecule has 0 fully saturated rings. The van der Waals surface area contributed by atoms with Crippen LogP contribution in [0.1, 0.15) is 29.8 Å². The van der Waals surface area contributed by atoms with Gasteiger partial charge in [-0.3, -0.25) is 4.98 Å². The Morgan fingerprint density at radius 3 is 2.81 bits per heavy atom. The molecular formula is C17H21FN2O. The number of methoxy groups -OCH3 is 1. The van der Waals surface area contributed by atoms with Crippen LogP contribution in [0.3, 0.4) is 0 Å². The van der Waals surface area contributed by atoms with E-state index in [1.807, 2.05) is 6.07 Å². The molecular weight excluding hydrogens is 267 g/mol. The number of nitrogens with zero attached hydrogens (tertiary/aromatic N) is 1. The minimum atomic E-state index is -0.342. The van der Waals surface area contributed by atoms with E-state index in [0.717, 1.165) is 29.8 Å². The van der Waals surface area contributed by atoms with Gasteiger partial charge >= 0.3 is 0 Å². The van der Waals surface area contributed by atoms with Gasteiger partial charge in [0, 0.05) is 24.4 Å². The van der Waals surface area contributed by atoms with Crippen LogP contribution in [0, 0.1) is 12.7 Å². The van der Waals surface area contributed by atoms with Crippen LogP contribution in [0.25, 0.3) is 0 Å². The second kappa shape index (κ2) is 7.18. The summed E-state index contributed by atoms with van der Waals surface area (Å²) in [6, 6.07) is 9.06. The lowest BCUT2D eigenvalue weighted by Crippen LogP contribution is -2.23. The van der Waals surface area contributed by atoms with Crippen molar-refractivity contribution in [2.24, 2.45) is 0 Å². The molecule has 2 rings (SSSR count). The first-order chi connectivity index (χ1) is 10.2. The number of halogens is 1. The highest BCUT2D eigenvalue weighted by molar-refractivity contribution is 5.33. The van der Waals surface area contributed by atoms with Crippen LogP contribution in [-0.2, 0) is 6.42 Å². The molecule has 21 heavy (non-hydrogen) atoms. The maximum Gasteiger partial charge on any atom is 0.165 e. The van der Waals surface area contributed by atoms with Gasteiger partial charge in [-0.25, -0.2) is 4.39 Å². The zero-order chi connectivity index (χ0) is 15.2. The summed E-state index contributed by atoms with van der Waals surface area (Å²) in [5.41, 5.74) is 3.21. The molecule has 0 aliphatic carbocycles. The Balaban J connectivity index is 2.28. The van der Waals surface area contributed by atoms with Gasteiger partial charge in [-0.2, -0.15) is 0 Å². The van der Waals surface area contributed by atoms with Crippen LogP contribution in [0.4, 0.5) is 4.39 Å². The molecule has 0 aliphatic heterocycles. The first-order valence-electron chi connectivity index (χ1n) is 7.13. The predicted octanol–water partition coefficient (Wildman–Crippen LogP) is 3.43. The molecule has 0 bridgehead atoms. The number of aryl methyl sites for hydroxylation is 1. The molecule has 0 saturated carbocycles. The molecule has 4 heteroatoms. The second-order valence-corrected chi connectivity index (χ2v) is 4.98. The summed E-state index contributed by atoms with van der Waals surface area (Å²) in [5, 5.41) is 3.43. The number of nitrogens with one attached hydrogen (secondary N) is 1. The molecule has 1 aromatic heterocycles. The fourth-order valence-electron chi connectivity index (χ4n) is 2.37. The molecule has 0 saturated heterocycles. The minimum absolute atomic E-state index is 0.0816. The standard InChI is InChI=1S/C17H21FN2O/c1-4-19-16(11-15-12(2)6-5-9-20-15)13-7-8-14(18)17(10-13)21-3/h5-10,16,19H,4,11H2,1-3H3. The lowest BCUT2D eigenvalue weighted by Gasteiger charge is -2.19. The van der Waals surface area contributed by atoms with Crippen molar-refractivity contribution in [1.82, 2.24) is 10.3 Å². The van der Waals surface area contributed by atoms with E-state index < -0.39 is 0 Å². The van der Waals surface area contributed by atoms with Crippen molar-refractivity contribution in [2.45, 2.75) is 26.3 Å². The lowest BCUT2D eigenvalue weighted by atomic mass is 9.99. The van der Waals surface area contributed by atoms with Gasteiger partial charge in [-0.05, 0) is 42.8 Å². The van der Waals surface area contributed by atoms with Crippen LogP contribution in [0.2, 0.25) is 0 Å². The summed E-state index contributed by atoms with van der Waals surface area (Å²) >= 11 is 0. The first-order valence-corrected chi connectivity index (χ1v) is 7.13. The summed E-state index contributed by atoms with van der Waals surface area (Å²) in [6.45, 7) is 4.94. The van der Waals surface area contributed by atoms with Gasteiger partial charge < -0.3 is 10.1 Å². The summed E-state index contributed by atoms with van der Waals surface area (Å²) in [4.78, 5) is 4.44. The van der Waals surface area contributed by atoms with Gasteiger partial charge in [-0.15, -0.1) is 0 Å². The highest BCUT2D eigenvalue weighted by Gasteiger charge is 2.15. The number of hydrogen-bond acceptors (Lipinski definition) is 3. The molecule has 2 aromatic rings. The molecule has 1 aromatic carbocycles. The highest BCUT2D eigenvalue weighted by Crippen LogP contribution is 2.25. The Kier molecular flexibility index (Phi) is 5.28. The maximum atomic E-state index is 13.6. The fraction of sp³-hybridized carbons (Fsp3) is 0.353. The SMILES string of the molecule is CCNC(Cc1ncccc1C)c1ccc(F)c(OC)c1. The van der Waals surface area contributed by atoms with E-state index in [2.05, 4.69) is 30.2 Å². The Hall–Kier alpha value is -1.94. The van der Waals surface area contributed by atoms with E-state index >= 15 is 0 Å². The van der Waals surface area contributed by atoms with Crippen LogP contribution in [0.15, 0.2) is 36.5 Å². The fourth-order valence-corrected chi connectivity index (χ4v) is 2.37. The van der Waals surface area contributed by atoms with E-state index in [9.17, 15) is 4.39 Å². The maximum absolute atomic E-state index is 13.6. The summed E-state index contributed by atoms with van der Waals surface area (Å²) in [7, 11) is 1.48. The average Bonchev–Trinajstić information content (AvgIpc) is 2.49. The Morgan fingerprint density at radius 1 is 1.33 bits per heavy atom. The molecule has 112 valence electrons. The van der Waals surface area contributed by atoms with Crippen LogP contribution < -0.4 is 10.1 Å². The van der Waals surface area contributed by atoms with Gasteiger partial charge in [0.05, 0.1) is 7.11 Å². The third-order valence-electron chi connectivity index (χ3n) is 3.54. The van der Waals surface area contributed by atoms with Crippen LogP contribution in [0.5, 0.6) is 5.75 Å². The minimum Gasteiger partial charge on any atom is -0.494 e. The van der Waals surface area contributed by atoms with Crippen LogP contribution >= 0.6 is 0 Å². The average molecular weight is 288 g/mol. The smallest absolute Gasteiger partial charge is 0.165 e. The molecule has 1 heterocycles.